The zero-order valence-corrected chi connectivity index (χ0v) is 7.88. The van der Waals surface area contributed by atoms with E-state index in [1.54, 1.807) is 18.2 Å². The van der Waals surface area contributed by atoms with Gasteiger partial charge in [0.05, 0.1) is 5.39 Å². The van der Waals surface area contributed by atoms with E-state index in [2.05, 4.69) is 21.1 Å². The highest BCUT2D eigenvalue weighted by Crippen LogP contribution is 2.28. The van der Waals surface area contributed by atoms with Crippen molar-refractivity contribution in [3.05, 3.63) is 28.4 Å². The normalized spacial score (nSPS) is 11.4. The van der Waals surface area contributed by atoms with Crippen molar-refractivity contribution in [1.82, 2.24) is 5.16 Å². The Morgan fingerprint density at radius 3 is 2.85 bits per heavy atom. The summed E-state index contributed by atoms with van der Waals surface area (Å²) in [6.07, 6.45) is -2.60. The summed E-state index contributed by atoms with van der Waals surface area (Å²) in [4.78, 5) is 0. The monoisotopic (exact) mass is 247 g/mol. The van der Waals surface area contributed by atoms with Crippen LogP contribution in [0.25, 0.3) is 11.0 Å². The number of alkyl halides is 2. The fraction of sp³-hybridized carbons (Fsp3) is 0.125. The van der Waals surface area contributed by atoms with Crippen molar-refractivity contribution in [2.24, 2.45) is 0 Å². The second-order valence-electron chi connectivity index (χ2n) is 2.51. The Bertz CT molecular complexity index is 441. The zero-order chi connectivity index (χ0) is 9.42. The smallest absolute Gasteiger partial charge is 0.284 e. The Kier molecular flexibility index (Phi) is 2.03. The molecule has 0 amide bonds. The summed E-state index contributed by atoms with van der Waals surface area (Å²) in [5.74, 6) is 0. The minimum atomic E-state index is -2.60. The van der Waals surface area contributed by atoms with E-state index in [1.807, 2.05) is 0 Å². The fourth-order valence-corrected chi connectivity index (χ4v) is 1.45. The van der Waals surface area contributed by atoms with Gasteiger partial charge < -0.3 is 4.52 Å². The Labute approximate surface area is 80.6 Å². The van der Waals surface area contributed by atoms with Gasteiger partial charge in [0.25, 0.3) is 6.43 Å². The standard InChI is InChI=1S/C8H4BrF2NO/c9-4-1-2-6-5(3-4)7(8(10)11)12-13-6/h1-3,8H. The van der Waals surface area contributed by atoms with Crippen molar-refractivity contribution >= 4 is 26.9 Å². The van der Waals surface area contributed by atoms with Crippen molar-refractivity contribution in [3.8, 4) is 0 Å². The van der Waals surface area contributed by atoms with Crippen LogP contribution in [0.1, 0.15) is 12.1 Å². The molecule has 0 aliphatic carbocycles. The summed E-state index contributed by atoms with van der Waals surface area (Å²) in [6, 6.07) is 4.87. The number of aromatic nitrogens is 1. The van der Waals surface area contributed by atoms with Gasteiger partial charge in [-0.2, -0.15) is 0 Å². The molecule has 0 radical (unpaired) electrons. The van der Waals surface area contributed by atoms with E-state index in [4.69, 9.17) is 4.52 Å². The maximum atomic E-state index is 12.3. The number of hydrogen-bond donors (Lipinski definition) is 0. The first-order valence-corrected chi connectivity index (χ1v) is 4.31. The molecule has 68 valence electrons. The molecule has 1 aromatic heterocycles. The van der Waals surface area contributed by atoms with Gasteiger partial charge in [-0.3, -0.25) is 0 Å². The third kappa shape index (κ3) is 1.44. The Hall–Kier alpha value is -0.970. The molecule has 1 heterocycles. The van der Waals surface area contributed by atoms with Gasteiger partial charge in [0.15, 0.2) is 11.3 Å². The van der Waals surface area contributed by atoms with Gasteiger partial charge in [0, 0.05) is 4.47 Å². The van der Waals surface area contributed by atoms with Gasteiger partial charge in [0.1, 0.15) is 0 Å². The van der Waals surface area contributed by atoms with E-state index < -0.39 is 6.43 Å². The van der Waals surface area contributed by atoms with Crippen molar-refractivity contribution in [2.75, 3.05) is 0 Å². The summed E-state index contributed by atoms with van der Waals surface area (Å²) < 4.78 is 30.1. The largest absolute Gasteiger partial charge is 0.356 e. The number of benzene rings is 1. The molecule has 0 saturated heterocycles. The molecule has 5 heteroatoms. The lowest BCUT2D eigenvalue weighted by atomic mass is 10.2. The van der Waals surface area contributed by atoms with Crippen LogP contribution in [0.15, 0.2) is 27.2 Å². The second kappa shape index (κ2) is 3.06. The highest BCUT2D eigenvalue weighted by molar-refractivity contribution is 9.10. The maximum absolute atomic E-state index is 12.3. The first-order chi connectivity index (χ1) is 6.18. The molecule has 0 fully saturated rings. The Morgan fingerprint density at radius 2 is 2.15 bits per heavy atom. The molecule has 0 bridgehead atoms. The lowest BCUT2D eigenvalue weighted by Gasteiger charge is -1.92. The van der Waals surface area contributed by atoms with Crippen LogP contribution >= 0.6 is 15.9 Å². The van der Waals surface area contributed by atoms with E-state index >= 15 is 0 Å². The Balaban J connectivity index is 2.71. The van der Waals surface area contributed by atoms with Crippen LogP contribution < -0.4 is 0 Å². The fourth-order valence-electron chi connectivity index (χ4n) is 1.09. The molecule has 2 aromatic rings. The van der Waals surface area contributed by atoms with Crippen LogP contribution in [-0.4, -0.2) is 5.16 Å². The average Bonchev–Trinajstić information content (AvgIpc) is 2.46. The molecular weight excluding hydrogens is 244 g/mol. The third-order valence-electron chi connectivity index (χ3n) is 1.67. The van der Waals surface area contributed by atoms with Crippen LogP contribution in [0.5, 0.6) is 0 Å². The third-order valence-corrected chi connectivity index (χ3v) is 2.16. The van der Waals surface area contributed by atoms with Gasteiger partial charge in [-0.05, 0) is 18.2 Å². The van der Waals surface area contributed by atoms with Gasteiger partial charge in [-0.1, -0.05) is 21.1 Å². The van der Waals surface area contributed by atoms with E-state index in [-0.39, 0.29) is 5.69 Å². The molecule has 2 nitrogen and oxygen atoms in total. The molecule has 13 heavy (non-hydrogen) atoms. The minimum absolute atomic E-state index is 0.309. The van der Waals surface area contributed by atoms with E-state index in [1.165, 1.54) is 0 Å². The summed E-state index contributed by atoms with van der Waals surface area (Å²) in [5, 5.41) is 3.64. The van der Waals surface area contributed by atoms with Crippen LogP contribution in [0.4, 0.5) is 8.78 Å². The predicted octanol–water partition coefficient (Wildman–Crippen LogP) is 3.53. The average molecular weight is 248 g/mol. The lowest BCUT2D eigenvalue weighted by Crippen LogP contribution is -1.83. The first-order valence-electron chi connectivity index (χ1n) is 3.51. The minimum Gasteiger partial charge on any atom is -0.356 e. The molecule has 0 aliphatic heterocycles. The highest BCUT2D eigenvalue weighted by atomic mass is 79.9. The summed E-state index contributed by atoms with van der Waals surface area (Å²) in [7, 11) is 0. The van der Waals surface area contributed by atoms with Gasteiger partial charge >= 0.3 is 0 Å². The second-order valence-corrected chi connectivity index (χ2v) is 3.42. The zero-order valence-electron chi connectivity index (χ0n) is 6.30. The SMILES string of the molecule is FC(F)c1noc2ccc(Br)cc12. The first kappa shape index (κ1) is 8.62. The van der Waals surface area contributed by atoms with Crippen molar-refractivity contribution in [3.63, 3.8) is 0 Å². The van der Waals surface area contributed by atoms with E-state index in [9.17, 15) is 8.78 Å². The quantitative estimate of drug-likeness (QED) is 0.771. The van der Waals surface area contributed by atoms with Gasteiger partial charge in [-0.25, -0.2) is 8.78 Å². The molecule has 0 unspecified atom stereocenters. The van der Waals surface area contributed by atoms with Crippen molar-refractivity contribution in [1.29, 1.82) is 0 Å². The maximum Gasteiger partial charge on any atom is 0.284 e. The molecule has 0 aliphatic rings. The topological polar surface area (TPSA) is 26.0 Å². The summed E-state index contributed by atoms with van der Waals surface area (Å²) in [6.45, 7) is 0. The molecule has 0 saturated carbocycles. The Morgan fingerprint density at radius 1 is 1.38 bits per heavy atom. The molecule has 0 spiro atoms. The highest BCUT2D eigenvalue weighted by Gasteiger charge is 2.17. The number of hydrogen-bond acceptors (Lipinski definition) is 2. The molecule has 0 N–H and O–H groups in total. The van der Waals surface area contributed by atoms with E-state index in [0.29, 0.717) is 11.0 Å². The molecule has 2 rings (SSSR count). The van der Waals surface area contributed by atoms with E-state index in [0.717, 1.165) is 4.47 Å². The molecular formula is C8H4BrF2NO. The van der Waals surface area contributed by atoms with Crippen LogP contribution in [0.2, 0.25) is 0 Å². The predicted molar refractivity (Wildman–Crippen MR) is 46.7 cm³/mol. The number of nitrogens with zero attached hydrogens (tertiary/aromatic N) is 1. The lowest BCUT2D eigenvalue weighted by molar-refractivity contribution is 0.142. The number of rotatable bonds is 1. The van der Waals surface area contributed by atoms with Gasteiger partial charge in [-0.15, -0.1) is 0 Å². The molecule has 1 aromatic carbocycles. The molecule has 0 atom stereocenters. The summed E-state index contributed by atoms with van der Waals surface area (Å²) >= 11 is 3.19. The van der Waals surface area contributed by atoms with Crippen molar-refractivity contribution in [2.45, 2.75) is 6.43 Å². The van der Waals surface area contributed by atoms with Crippen LogP contribution in [-0.2, 0) is 0 Å². The summed E-state index contributed by atoms with van der Waals surface area (Å²) in [5.41, 5.74) is 0.0646. The number of halogens is 3. The van der Waals surface area contributed by atoms with Crippen LogP contribution in [0.3, 0.4) is 0 Å². The van der Waals surface area contributed by atoms with Gasteiger partial charge in [0.2, 0.25) is 0 Å². The van der Waals surface area contributed by atoms with Crippen LogP contribution in [0, 0.1) is 0 Å². The van der Waals surface area contributed by atoms with Crippen molar-refractivity contribution < 1.29 is 13.3 Å². The number of fused-ring (bicyclic) bond motifs is 1.